The van der Waals surface area contributed by atoms with Crippen molar-refractivity contribution < 1.29 is 4.39 Å². The lowest BCUT2D eigenvalue weighted by Gasteiger charge is -2.00. The molecule has 1 N–H and O–H groups in total. The molecule has 0 spiro atoms. The lowest BCUT2D eigenvalue weighted by atomic mass is 10.3. The number of pyridine rings is 2. The summed E-state index contributed by atoms with van der Waals surface area (Å²) >= 11 is 8.49. The molecule has 6 heteroatoms. The van der Waals surface area contributed by atoms with Crippen LogP contribution < -0.4 is 5.56 Å². The average molecular weight is 277 g/mol. The van der Waals surface area contributed by atoms with Gasteiger partial charge in [-0.1, -0.05) is 11.6 Å². The van der Waals surface area contributed by atoms with Gasteiger partial charge in [0, 0.05) is 11.6 Å². The number of hydrogen-bond donors (Lipinski definition) is 1. The molecule has 2 aromatic rings. The predicted octanol–water partition coefficient (Wildman–Crippen LogP) is 2.48. The second kappa shape index (κ2) is 3.33. The fourth-order valence-electron chi connectivity index (χ4n) is 1.09. The lowest BCUT2D eigenvalue weighted by Crippen LogP contribution is -2.07. The molecule has 0 bridgehead atoms. The zero-order valence-corrected chi connectivity index (χ0v) is 8.99. The fourth-order valence-corrected chi connectivity index (χ4v) is 1.58. The minimum atomic E-state index is -0.714. The van der Waals surface area contributed by atoms with Crippen molar-refractivity contribution in [1.82, 2.24) is 9.97 Å². The van der Waals surface area contributed by atoms with Crippen molar-refractivity contribution in [2.24, 2.45) is 0 Å². The Kier molecular flexibility index (Phi) is 2.28. The highest BCUT2D eigenvalue weighted by atomic mass is 79.9. The Morgan fingerprint density at radius 3 is 3.00 bits per heavy atom. The molecule has 0 radical (unpaired) electrons. The molecule has 0 aliphatic carbocycles. The van der Waals surface area contributed by atoms with E-state index in [-0.39, 0.29) is 10.7 Å². The maximum atomic E-state index is 13.3. The second-order valence-electron chi connectivity index (χ2n) is 2.64. The van der Waals surface area contributed by atoms with Crippen molar-refractivity contribution in [2.45, 2.75) is 0 Å². The Morgan fingerprint density at radius 1 is 1.57 bits per heavy atom. The van der Waals surface area contributed by atoms with Crippen molar-refractivity contribution >= 4 is 38.4 Å². The first-order chi connectivity index (χ1) is 6.59. The SMILES string of the molecule is O=c1[nH]c2c(F)c(Cl)ncc2cc1Br. The summed E-state index contributed by atoms with van der Waals surface area (Å²) in [6.45, 7) is 0. The van der Waals surface area contributed by atoms with Crippen LogP contribution in [-0.2, 0) is 0 Å². The van der Waals surface area contributed by atoms with E-state index >= 15 is 0 Å². The minimum Gasteiger partial charge on any atom is -0.318 e. The fraction of sp³-hybridized carbons (Fsp3) is 0. The van der Waals surface area contributed by atoms with E-state index in [0.29, 0.717) is 9.86 Å². The van der Waals surface area contributed by atoms with E-state index in [0.717, 1.165) is 0 Å². The van der Waals surface area contributed by atoms with Gasteiger partial charge in [-0.05, 0) is 22.0 Å². The maximum Gasteiger partial charge on any atom is 0.262 e. The first-order valence-electron chi connectivity index (χ1n) is 3.62. The molecule has 0 aliphatic heterocycles. The molecular formula is C8H3BrClFN2O. The number of aromatic nitrogens is 2. The van der Waals surface area contributed by atoms with E-state index in [1.807, 2.05) is 0 Å². The molecule has 0 saturated carbocycles. The van der Waals surface area contributed by atoms with Gasteiger partial charge < -0.3 is 4.98 Å². The standard InChI is InChI=1S/C8H3BrClFN2O/c9-4-1-3-2-12-7(10)5(11)6(3)13-8(4)14/h1-2H,(H,13,14). The minimum absolute atomic E-state index is 0.0678. The summed E-state index contributed by atoms with van der Waals surface area (Å²) in [5.41, 5.74) is -0.336. The highest BCUT2D eigenvalue weighted by Crippen LogP contribution is 2.20. The first-order valence-corrected chi connectivity index (χ1v) is 4.79. The first kappa shape index (κ1) is 9.61. The molecule has 14 heavy (non-hydrogen) atoms. The van der Waals surface area contributed by atoms with Gasteiger partial charge in [0.2, 0.25) is 0 Å². The molecule has 0 aromatic carbocycles. The van der Waals surface area contributed by atoms with Crippen LogP contribution in [0.15, 0.2) is 21.5 Å². The molecular weight excluding hydrogens is 274 g/mol. The van der Waals surface area contributed by atoms with Gasteiger partial charge in [-0.3, -0.25) is 4.79 Å². The molecule has 72 valence electrons. The van der Waals surface area contributed by atoms with Crippen molar-refractivity contribution in [3.8, 4) is 0 Å². The maximum absolute atomic E-state index is 13.3. The molecule has 0 saturated heterocycles. The second-order valence-corrected chi connectivity index (χ2v) is 3.85. The third-order valence-corrected chi connectivity index (χ3v) is 2.60. The van der Waals surface area contributed by atoms with E-state index in [2.05, 4.69) is 25.9 Å². The number of hydrogen-bond acceptors (Lipinski definition) is 2. The van der Waals surface area contributed by atoms with Crippen LogP contribution in [0.1, 0.15) is 0 Å². The Hall–Kier alpha value is -0.940. The molecule has 3 nitrogen and oxygen atoms in total. The van der Waals surface area contributed by atoms with Crippen molar-refractivity contribution in [2.75, 3.05) is 0 Å². The number of aromatic amines is 1. The smallest absolute Gasteiger partial charge is 0.262 e. The summed E-state index contributed by atoms with van der Waals surface area (Å²) in [6.07, 6.45) is 1.39. The summed E-state index contributed by atoms with van der Waals surface area (Å²) in [6, 6.07) is 1.49. The summed E-state index contributed by atoms with van der Waals surface area (Å²) in [4.78, 5) is 17.2. The van der Waals surface area contributed by atoms with Gasteiger partial charge in [0.15, 0.2) is 11.0 Å². The Balaban J connectivity index is 2.97. The highest BCUT2D eigenvalue weighted by Gasteiger charge is 2.08. The van der Waals surface area contributed by atoms with Crippen LogP contribution in [0.5, 0.6) is 0 Å². The molecule has 0 atom stereocenters. The van der Waals surface area contributed by atoms with Crippen LogP contribution in [0.3, 0.4) is 0 Å². The van der Waals surface area contributed by atoms with E-state index < -0.39 is 11.4 Å². The summed E-state index contributed by atoms with van der Waals surface area (Å²) in [5.74, 6) is -0.714. The highest BCUT2D eigenvalue weighted by molar-refractivity contribution is 9.10. The zero-order valence-electron chi connectivity index (χ0n) is 6.64. The van der Waals surface area contributed by atoms with Crippen LogP contribution in [0.25, 0.3) is 10.9 Å². The quantitative estimate of drug-likeness (QED) is 0.752. The van der Waals surface area contributed by atoms with Crippen LogP contribution >= 0.6 is 27.5 Å². The molecule has 0 fully saturated rings. The lowest BCUT2D eigenvalue weighted by molar-refractivity contribution is 0.631. The van der Waals surface area contributed by atoms with Crippen LogP contribution in [-0.4, -0.2) is 9.97 Å². The predicted molar refractivity (Wildman–Crippen MR) is 55.0 cm³/mol. The molecule has 0 aliphatic rings. The monoisotopic (exact) mass is 276 g/mol. The van der Waals surface area contributed by atoms with Crippen molar-refractivity contribution in [1.29, 1.82) is 0 Å². The Labute approximate surface area is 91.1 Å². The molecule has 2 heterocycles. The van der Waals surface area contributed by atoms with Gasteiger partial charge in [-0.15, -0.1) is 0 Å². The van der Waals surface area contributed by atoms with E-state index in [4.69, 9.17) is 11.6 Å². The third-order valence-electron chi connectivity index (χ3n) is 1.74. The van der Waals surface area contributed by atoms with Gasteiger partial charge >= 0.3 is 0 Å². The van der Waals surface area contributed by atoms with Gasteiger partial charge in [-0.25, -0.2) is 9.37 Å². The molecule has 2 aromatic heterocycles. The molecule has 0 amide bonds. The molecule has 2 rings (SSSR count). The van der Waals surface area contributed by atoms with Gasteiger partial charge in [-0.2, -0.15) is 0 Å². The third kappa shape index (κ3) is 1.42. The summed E-state index contributed by atoms with van der Waals surface area (Å²) in [5, 5.41) is 0.230. The Bertz CT molecular complexity index is 569. The number of nitrogens with one attached hydrogen (secondary N) is 1. The number of fused-ring (bicyclic) bond motifs is 1. The van der Waals surface area contributed by atoms with E-state index in [1.165, 1.54) is 12.3 Å². The molecule has 0 unspecified atom stereocenters. The zero-order chi connectivity index (χ0) is 10.3. The van der Waals surface area contributed by atoms with Crippen molar-refractivity contribution in [3.63, 3.8) is 0 Å². The van der Waals surface area contributed by atoms with Crippen molar-refractivity contribution in [3.05, 3.63) is 38.1 Å². The Morgan fingerprint density at radius 2 is 2.29 bits per heavy atom. The van der Waals surface area contributed by atoms with Crippen LogP contribution in [0.4, 0.5) is 4.39 Å². The normalized spacial score (nSPS) is 10.8. The number of H-pyrrole nitrogens is 1. The van der Waals surface area contributed by atoms with Gasteiger partial charge in [0.05, 0.1) is 9.99 Å². The van der Waals surface area contributed by atoms with Crippen LogP contribution in [0, 0.1) is 5.82 Å². The van der Waals surface area contributed by atoms with Gasteiger partial charge in [0.25, 0.3) is 5.56 Å². The largest absolute Gasteiger partial charge is 0.318 e. The van der Waals surface area contributed by atoms with E-state index in [1.54, 1.807) is 0 Å². The number of halogens is 3. The summed E-state index contributed by atoms with van der Waals surface area (Å²) in [7, 11) is 0. The van der Waals surface area contributed by atoms with E-state index in [9.17, 15) is 9.18 Å². The topological polar surface area (TPSA) is 45.8 Å². The number of rotatable bonds is 0. The summed E-state index contributed by atoms with van der Waals surface area (Å²) < 4.78 is 13.7. The average Bonchev–Trinajstić information content (AvgIpc) is 2.15. The van der Waals surface area contributed by atoms with Gasteiger partial charge in [0.1, 0.15) is 0 Å². The number of nitrogens with zero attached hydrogens (tertiary/aromatic N) is 1. The van der Waals surface area contributed by atoms with Crippen LogP contribution in [0.2, 0.25) is 5.15 Å².